The van der Waals surface area contributed by atoms with Crippen LogP contribution in [0.3, 0.4) is 0 Å². The molecule has 0 spiro atoms. The van der Waals surface area contributed by atoms with Crippen LogP contribution in [0.4, 0.5) is 5.69 Å². The summed E-state index contributed by atoms with van der Waals surface area (Å²) in [6.07, 6.45) is 2.83. The van der Waals surface area contributed by atoms with E-state index in [1.165, 1.54) is 17.3 Å². The van der Waals surface area contributed by atoms with E-state index in [1.807, 2.05) is 24.3 Å². The summed E-state index contributed by atoms with van der Waals surface area (Å²) in [7, 11) is 0. The van der Waals surface area contributed by atoms with Gasteiger partial charge in [0.1, 0.15) is 23.0 Å². The predicted octanol–water partition coefficient (Wildman–Crippen LogP) is 3.59. The van der Waals surface area contributed by atoms with Crippen molar-refractivity contribution >= 4 is 34.0 Å². The van der Waals surface area contributed by atoms with Crippen molar-refractivity contribution in [3.63, 3.8) is 0 Å². The second kappa shape index (κ2) is 6.87. The fourth-order valence-corrected chi connectivity index (χ4v) is 3.45. The second-order valence-corrected chi connectivity index (χ2v) is 6.73. The number of benzene rings is 2. The number of para-hydroxylation sites is 2. The van der Waals surface area contributed by atoms with Crippen molar-refractivity contribution in [2.24, 2.45) is 11.0 Å². The van der Waals surface area contributed by atoms with E-state index >= 15 is 0 Å². The Morgan fingerprint density at radius 1 is 1.03 bits per heavy atom. The van der Waals surface area contributed by atoms with Gasteiger partial charge in [-0.1, -0.05) is 36.4 Å². The monoisotopic (exact) mass is 395 g/mol. The van der Waals surface area contributed by atoms with Crippen molar-refractivity contribution in [1.82, 2.24) is 0 Å². The zero-order valence-corrected chi connectivity index (χ0v) is 15.5. The number of hydrogen-bond acceptors (Lipinski definition) is 6. The van der Waals surface area contributed by atoms with E-state index in [2.05, 4.69) is 5.10 Å². The Hall–Kier alpha value is -4.44. The third-order valence-electron chi connectivity index (χ3n) is 4.93. The minimum atomic E-state index is -0.813. The number of carbonyl (C=O) groups excluding carboxylic acids is 1. The van der Waals surface area contributed by atoms with E-state index in [0.29, 0.717) is 16.8 Å². The van der Waals surface area contributed by atoms with Crippen LogP contribution in [0.5, 0.6) is 0 Å². The normalized spacial score (nSPS) is 18.0. The fourth-order valence-electron chi connectivity index (χ4n) is 3.45. The molecule has 5 rings (SSSR count). The van der Waals surface area contributed by atoms with Gasteiger partial charge in [-0.2, -0.15) is 15.4 Å². The maximum absolute atomic E-state index is 13.2. The van der Waals surface area contributed by atoms with Gasteiger partial charge < -0.3 is 9.15 Å². The maximum Gasteiger partial charge on any atom is 0.347 e. The minimum absolute atomic E-state index is 0.0734. The van der Waals surface area contributed by atoms with E-state index < -0.39 is 11.5 Å². The number of carbonyl (C=O) groups is 1. The lowest BCUT2D eigenvalue weighted by Crippen LogP contribution is -2.40. The van der Waals surface area contributed by atoms with Gasteiger partial charge in [-0.3, -0.25) is 4.79 Å². The molecule has 2 aliphatic rings. The smallest absolute Gasteiger partial charge is 0.347 e. The standard InChI is InChI=1S/C23H13N3O4/c24-12-19-18-13-29-21(17-10-14-6-4-5-9-20(14)30-23(17)28)11-16(18)22(27)26(25-19)15-7-2-1-3-8-15/h1-11,13,16H. The third kappa shape index (κ3) is 2.79. The Bertz CT molecular complexity index is 1380. The zero-order chi connectivity index (χ0) is 20.7. The van der Waals surface area contributed by atoms with Crippen molar-refractivity contribution in [3.05, 3.63) is 94.6 Å². The van der Waals surface area contributed by atoms with Crippen molar-refractivity contribution in [3.8, 4) is 6.07 Å². The summed E-state index contributed by atoms with van der Waals surface area (Å²) < 4.78 is 11.0. The molecule has 1 atom stereocenters. The Morgan fingerprint density at radius 3 is 2.60 bits per heavy atom. The minimum Gasteiger partial charge on any atom is -0.464 e. The largest absolute Gasteiger partial charge is 0.464 e. The first-order valence-corrected chi connectivity index (χ1v) is 9.15. The topological polar surface area (TPSA) is 95.9 Å². The molecule has 1 aromatic heterocycles. The number of amides is 1. The van der Waals surface area contributed by atoms with Crippen LogP contribution >= 0.6 is 0 Å². The highest BCUT2D eigenvalue weighted by Gasteiger charge is 2.38. The van der Waals surface area contributed by atoms with Gasteiger partial charge in [0.05, 0.1) is 17.9 Å². The molecule has 1 amide bonds. The predicted molar refractivity (Wildman–Crippen MR) is 110 cm³/mol. The molecule has 0 fully saturated rings. The number of hydrogen-bond donors (Lipinski definition) is 0. The molecule has 1 unspecified atom stereocenters. The van der Waals surface area contributed by atoms with E-state index in [4.69, 9.17) is 9.15 Å². The summed E-state index contributed by atoms with van der Waals surface area (Å²) in [6.45, 7) is 0. The van der Waals surface area contributed by atoms with Crippen LogP contribution in [-0.4, -0.2) is 11.6 Å². The summed E-state index contributed by atoms with van der Waals surface area (Å²) in [5.74, 6) is -0.965. The number of hydrazone groups is 1. The van der Waals surface area contributed by atoms with Crippen molar-refractivity contribution in [1.29, 1.82) is 5.26 Å². The summed E-state index contributed by atoms with van der Waals surface area (Å²) in [4.78, 5) is 25.7. The quantitative estimate of drug-likeness (QED) is 0.618. The van der Waals surface area contributed by atoms with Crippen LogP contribution in [0, 0.1) is 17.2 Å². The van der Waals surface area contributed by atoms with Crippen LogP contribution in [0.15, 0.2) is 92.9 Å². The first kappa shape index (κ1) is 17.6. The molecule has 7 heteroatoms. The molecular weight excluding hydrogens is 382 g/mol. The number of ether oxygens (including phenoxy) is 1. The number of nitriles is 1. The number of rotatable bonds is 2. The molecule has 30 heavy (non-hydrogen) atoms. The lowest BCUT2D eigenvalue weighted by molar-refractivity contribution is -0.120. The molecule has 0 bridgehead atoms. The number of anilines is 1. The van der Waals surface area contributed by atoms with E-state index in [-0.39, 0.29) is 22.9 Å². The molecule has 0 saturated heterocycles. The van der Waals surface area contributed by atoms with Crippen molar-refractivity contribution in [2.45, 2.75) is 0 Å². The molecule has 3 heterocycles. The van der Waals surface area contributed by atoms with Gasteiger partial charge in [-0.05, 0) is 30.3 Å². The van der Waals surface area contributed by atoms with Gasteiger partial charge in [0, 0.05) is 11.0 Å². The molecular formula is C23H13N3O4. The Balaban J connectivity index is 1.60. The van der Waals surface area contributed by atoms with Crippen LogP contribution in [0.1, 0.15) is 5.56 Å². The van der Waals surface area contributed by atoms with Crippen LogP contribution in [0.2, 0.25) is 0 Å². The third-order valence-corrected chi connectivity index (χ3v) is 4.93. The molecule has 2 aliphatic heterocycles. The van der Waals surface area contributed by atoms with Gasteiger partial charge in [0.25, 0.3) is 5.91 Å². The van der Waals surface area contributed by atoms with Crippen LogP contribution in [0.25, 0.3) is 16.7 Å². The molecule has 144 valence electrons. The highest BCUT2D eigenvalue weighted by Crippen LogP contribution is 2.34. The molecule has 0 saturated carbocycles. The van der Waals surface area contributed by atoms with E-state index in [9.17, 15) is 14.9 Å². The Morgan fingerprint density at radius 2 is 1.80 bits per heavy atom. The summed E-state index contributed by atoms with van der Waals surface area (Å²) in [6, 6.07) is 19.6. The Labute approximate surface area is 170 Å². The van der Waals surface area contributed by atoms with Crippen LogP contribution < -0.4 is 10.6 Å². The SMILES string of the molecule is N#CC1=NN(c2ccccc2)C(=O)C2C=C(c3cc4ccccc4oc3=O)OC=C12. The molecule has 7 nitrogen and oxygen atoms in total. The highest BCUT2D eigenvalue weighted by molar-refractivity contribution is 6.20. The second-order valence-electron chi connectivity index (χ2n) is 6.73. The Kier molecular flexibility index (Phi) is 4.04. The maximum atomic E-state index is 13.2. The average Bonchev–Trinajstić information content (AvgIpc) is 2.79. The molecule has 2 aromatic carbocycles. The summed E-state index contributed by atoms with van der Waals surface area (Å²) in [5.41, 5.74) is 1.05. The van der Waals surface area contributed by atoms with Crippen molar-refractivity contribution < 1.29 is 13.9 Å². The summed E-state index contributed by atoms with van der Waals surface area (Å²) >= 11 is 0. The molecule has 0 N–H and O–H groups in total. The van der Waals surface area contributed by atoms with Crippen molar-refractivity contribution in [2.75, 3.05) is 5.01 Å². The van der Waals surface area contributed by atoms with Crippen LogP contribution in [-0.2, 0) is 9.53 Å². The van der Waals surface area contributed by atoms with Gasteiger partial charge in [-0.15, -0.1) is 0 Å². The average molecular weight is 395 g/mol. The first-order chi connectivity index (χ1) is 14.7. The van der Waals surface area contributed by atoms with E-state index in [0.717, 1.165) is 5.39 Å². The molecule has 0 radical (unpaired) electrons. The van der Waals surface area contributed by atoms with Gasteiger partial charge in [0.15, 0.2) is 5.71 Å². The number of fused-ring (bicyclic) bond motifs is 2. The zero-order valence-electron chi connectivity index (χ0n) is 15.5. The van der Waals surface area contributed by atoms with Gasteiger partial charge in [0.2, 0.25) is 0 Å². The van der Waals surface area contributed by atoms with Gasteiger partial charge >= 0.3 is 5.63 Å². The van der Waals surface area contributed by atoms with Gasteiger partial charge in [-0.25, -0.2) is 4.79 Å². The fraction of sp³-hybridized carbons (Fsp3) is 0.0435. The molecule has 3 aromatic rings. The molecule has 0 aliphatic carbocycles. The lowest BCUT2D eigenvalue weighted by atomic mass is 9.90. The summed E-state index contributed by atoms with van der Waals surface area (Å²) in [5, 5.41) is 15.6. The number of nitrogens with zero attached hydrogens (tertiary/aromatic N) is 3. The lowest BCUT2D eigenvalue weighted by Gasteiger charge is -2.30. The first-order valence-electron chi connectivity index (χ1n) is 9.15. The van der Waals surface area contributed by atoms with E-state index in [1.54, 1.807) is 42.5 Å². The highest BCUT2D eigenvalue weighted by atomic mass is 16.5.